The van der Waals surface area contributed by atoms with Crippen molar-refractivity contribution in [1.29, 1.82) is 0 Å². The number of rotatable bonds is 5. The number of nitrogens with two attached hydrogens (primary N) is 1. The first-order valence-electron chi connectivity index (χ1n) is 7.06. The molecule has 0 radical (unpaired) electrons. The Morgan fingerprint density at radius 3 is 2.76 bits per heavy atom. The van der Waals surface area contributed by atoms with Gasteiger partial charge in [0.2, 0.25) is 0 Å². The number of ether oxygens (including phenoxy) is 1. The Kier molecular flexibility index (Phi) is 3.73. The van der Waals surface area contributed by atoms with Crippen LogP contribution in [0.1, 0.15) is 19.2 Å². The molecule has 0 fully saturated rings. The van der Waals surface area contributed by atoms with Crippen LogP contribution in [0, 0.1) is 0 Å². The fraction of sp³-hybridized carbons (Fsp3) is 0.250. The molecule has 0 spiro atoms. The number of nitrogens with zero attached hydrogens (tertiary/aromatic N) is 3. The van der Waals surface area contributed by atoms with Gasteiger partial charge in [0.15, 0.2) is 5.82 Å². The summed E-state index contributed by atoms with van der Waals surface area (Å²) in [5.41, 5.74) is 6.75. The van der Waals surface area contributed by atoms with Crippen molar-refractivity contribution in [2.45, 2.75) is 26.5 Å². The standard InChI is InChI=1S/C16H18N4O/c1-2-9-20-16(18-11-19-20)10-21-15-8-7-14(17)12-5-3-4-6-13(12)15/h3-8,11H,2,9-10,17H2,1H3. The Balaban J connectivity index is 1.85. The molecule has 5 nitrogen and oxygen atoms in total. The molecule has 0 aliphatic heterocycles. The molecule has 3 aromatic rings. The first-order chi connectivity index (χ1) is 10.3. The maximum Gasteiger partial charge on any atom is 0.164 e. The fourth-order valence-corrected chi connectivity index (χ4v) is 2.36. The van der Waals surface area contributed by atoms with E-state index in [1.165, 1.54) is 0 Å². The predicted molar refractivity (Wildman–Crippen MR) is 83.0 cm³/mol. The van der Waals surface area contributed by atoms with Crippen molar-refractivity contribution in [3.63, 3.8) is 0 Å². The van der Waals surface area contributed by atoms with Crippen LogP contribution < -0.4 is 10.5 Å². The Morgan fingerprint density at radius 1 is 1.14 bits per heavy atom. The predicted octanol–water partition coefficient (Wildman–Crippen LogP) is 3.00. The molecule has 2 N–H and O–H groups in total. The summed E-state index contributed by atoms with van der Waals surface area (Å²) >= 11 is 0. The largest absolute Gasteiger partial charge is 0.485 e. The zero-order chi connectivity index (χ0) is 14.7. The SMILES string of the molecule is CCCn1ncnc1COc1ccc(N)c2ccccc12. The van der Waals surface area contributed by atoms with E-state index in [1.807, 2.05) is 41.1 Å². The van der Waals surface area contributed by atoms with Gasteiger partial charge in [0, 0.05) is 23.0 Å². The van der Waals surface area contributed by atoms with Gasteiger partial charge < -0.3 is 10.5 Å². The summed E-state index contributed by atoms with van der Waals surface area (Å²) < 4.78 is 7.80. The van der Waals surface area contributed by atoms with E-state index >= 15 is 0 Å². The highest BCUT2D eigenvalue weighted by atomic mass is 16.5. The van der Waals surface area contributed by atoms with E-state index in [0.717, 1.165) is 41.0 Å². The van der Waals surface area contributed by atoms with Crippen molar-refractivity contribution in [2.24, 2.45) is 0 Å². The summed E-state index contributed by atoms with van der Waals surface area (Å²) in [5.74, 6) is 1.64. The second-order valence-electron chi connectivity index (χ2n) is 4.89. The number of fused-ring (bicyclic) bond motifs is 1. The van der Waals surface area contributed by atoms with Gasteiger partial charge in [-0.05, 0) is 18.6 Å². The monoisotopic (exact) mass is 282 g/mol. The zero-order valence-corrected chi connectivity index (χ0v) is 12.0. The zero-order valence-electron chi connectivity index (χ0n) is 12.0. The molecule has 0 saturated carbocycles. The molecule has 0 bridgehead atoms. The summed E-state index contributed by atoms with van der Waals surface area (Å²) in [5, 5.41) is 6.22. The lowest BCUT2D eigenvalue weighted by molar-refractivity contribution is 0.289. The smallest absolute Gasteiger partial charge is 0.164 e. The number of aromatic nitrogens is 3. The lowest BCUT2D eigenvalue weighted by atomic mass is 10.1. The van der Waals surface area contributed by atoms with E-state index < -0.39 is 0 Å². The van der Waals surface area contributed by atoms with Crippen molar-refractivity contribution in [2.75, 3.05) is 5.73 Å². The molecule has 0 unspecified atom stereocenters. The van der Waals surface area contributed by atoms with Crippen molar-refractivity contribution < 1.29 is 4.74 Å². The second kappa shape index (κ2) is 5.83. The van der Waals surface area contributed by atoms with E-state index in [9.17, 15) is 0 Å². The van der Waals surface area contributed by atoms with Gasteiger partial charge in [-0.25, -0.2) is 9.67 Å². The number of benzene rings is 2. The third-order valence-corrected chi connectivity index (χ3v) is 3.41. The van der Waals surface area contributed by atoms with Crippen LogP contribution in [0.3, 0.4) is 0 Å². The van der Waals surface area contributed by atoms with Gasteiger partial charge in [-0.2, -0.15) is 5.10 Å². The topological polar surface area (TPSA) is 66.0 Å². The highest BCUT2D eigenvalue weighted by Gasteiger charge is 2.08. The van der Waals surface area contributed by atoms with E-state index in [2.05, 4.69) is 17.0 Å². The van der Waals surface area contributed by atoms with E-state index in [1.54, 1.807) is 6.33 Å². The number of nitrogen functional groups attached to an aromatic ring is 1. The second-order valence-corrected chi connectivity index (χ2v) is 4.89. The number of anilines is 1. The molecule has 0 atom stereocenters. The maximum absolute atomic E-state index is 6.00. The van der Waals surface area contributed by atoms with E-state index in [-0.39, 0.29) is 0 Å². The number of hydrogen-bond acceptors (Lipinski definition) is 4. The Labute approximate surface area is 123 Å². The maximum atomic E-state index is 6.00. The van der Waals surface area contributed by atoms with Gasteiger partial charge in [-0.3, -0.25) is 0 Å². The minimum absolute atomic E-state index is 0.397. The molecule has 0 amide bonds. The van der Waals surface area contributed by atoms with Gasteiger partial charge in [0.05, 0.1) is 0 Å². The minimum Gasteiger partial charge on any atom is -0.485 e. The molecule has 0 saturated heterocycles. The van der Waals surface area contributed by atoms with Crippen molar-refractivity contribution in [3.8, 4) is 5.75 Å². The van der Waals surface area contributed by atoms with Gasteiger partial charge in [-0.1, -0.05) is 31.2 Å². The third-order valence-electron chi connectivity index (χ3n) is 3.41. The van der Waals surface area contributed by atoms with Crippen molar-refractivity contribution >= 4 is 16.5 Å². The van der Waals surface area contributed by atoms with Gasteiger partial charge in [0.25, 0.3) is 0 Å². The number of aryl methyl sites for hydroxylation is 1. The summed E-state index contributed by atoms with van der Waals surface area (Å²) in [6, 6.07) is 11.7. The molecule has 1 aromatic heterocycles. The first-order valence-corrected chi connectivity index (χ1v) is 7.06. The Morgan fingerprint density at radius 2 is 1.95 bits per heavy atom. The summed E-state index contributed by atoms with van der Waals surface area (Å²) in [6.45, 7) is 3.36. The minimum atomic E-state index is 0.397. The normalized spacial score (nSPS) is 10.9. The summed E-state index contributed by atoms with van der Waals surface area (Å²) in [6.07, 6.45) is 2.58. The van der Waals surface area contributed by atoms with Crippen molar-refractivity contribution in [3.05, 3.63) is 48.5 Å². The quantitative estimate of drug-likeness (QED) is 0.730. The van der Waals surface area contributed by atoms with Crippen LogP contribution >= 0.6 is 0 Å². The molecule has 3 rings (SSSR count). The first kappa shape index (κ1) is 13.4. The van der Waals surface area contributed by atoms with Crippen LogP contribution in [0.15, 0.2) is 42.7 Å². The average Bonchev–Trinajstić information content (AvgIpc) is 2.95. The van der Waals surface area contributed by atoms with E-state index in [0.29, 0.717) is 6.61 Å². The number of hydrogen-bond donors (Lipinski definition) is 1. The molecule has 21 heavy (non-hydrogen) atoms. The molecule has 0 aliphatic carbocycles. The molecular weight excluding hydrogens is 264 g/mol. The van der Waals surface area contributed by atoms with Gasteiger partial charge in [0.1, 0.15) is 18.7 Å². The van der Waals surface area contributed by atoms with Crippen LogP contribution in [0.25, 0.3) is 10.8 Å². The third kappa shape index (κ3) is 2.67. The lowest BCUT2D eigenvalue weighted by Gasteiger charge is -2.11. The molecule has 2 aromatic carbocycles. The Hall–Kier alpha value is -2.56. The van der Waals surface area contributed by atoms with Crippen LogP contribution in [0.5, 0.6) is 5.75 Å². The van der Waals surface area contributed by atoms with Gasteiger partial charge >= 0.3 is 0 Å². The highest BCUT2D eigenvalue weighted by Crippen LogP contribution is 2.30. The van der Waals surface area contributed by atoms with E-state index in [4.69, 9.17) is 10.5 Å². The molecule has 5 heteroatoms. The lowest BCUT2D eigenvalue weighted by Crippen LogP contribution is -2.08. The fourth-order valence-electron chi connectivity index (χ4n) is 2.36. The summed E-state index contributed by atoms with van der Waals surface area (Å²) in [4.78, 5) is 4.25. The van der Waals surface area contributed by atoms with Crippen LogP contribution in [-0.2, 0) is 13.2 Å². The molecule has 1 heterocycles. The van der Waals surface area contributed by atoms with Gasteiger partial charge in [-0.15, -0.1) is 0 Å². The van der Waals surface area contributed by atoms with Crippen LogP contribution in [0.4, 0.5) is 5.69 Å². The van der Waals surface area contributed by atoms with Crippen LogP contribution in [-0.4, -0.2) is 14.8 Å². The highest BCUT2D eigenvalue weighted by molar-refractivity contribution is 5.96. The average molecular weight is 282 g/mol. The summed E-state index contributed by atoms with van der Waals surface area (Å²) in [7, 11) is 0. The van der Waals surface area contributed by atoms with Crippen LogP contribution in [0.2, 0.25) is 0 Å². The molecule has 108 valence electrons. The van der Waals surface area contributed by atoms with Crippen molar-refractivity contribution in [1.82, 2.24) is 14.8 Å². The molecule has 0 aliphatic rings. The Bertz CT molecular complexity index is 751. The molecular formula is C16H18N4O.